The fourth-order valence-electron chi connectivity index (χ4n) is 0.580. The molecule has 0 unspecified atom stereocenters. The maximum atomic E-state index is 12.8. The van der Waals surface area contributed by atoms with Gasteiger partial charge < -0.3 is 5.73 Å². The maximum absolute atomic E-state index is 12.8. The Morgan fingerprint density at radius 1 is 1.27 bits per heavy atom. The normalized spacial score (nSPS) is 10.2. The van der Waals surface area contributed by atoms with Crippen molar-refractivity contribution in [1.82, 2.24) is 0 Å². The molecule has 1 nitrogen and oxygen atoms in total. The molecule has 5 heteroatoms. The van der Waals surface area contributed by atoms with Crippen LogP contribution >= 0.6 is 31.9 Å². The van der Waals surface area contributed by atoms with E-state index in [2.05, 4.69) is 31.9 Å². The van der Waals surface area contributed by atoms with E-state index >= 15 is 0 Å². The molecule has 0 aliphatic heterocycles. The largest absolute Gasteiger partial charge is 0.394 e. The van der Waals surface area contributed by atoms with E-state index in [1.807, 2.05) is 0 Å². The lowest BCUT2D eigenvalue weighted by Gasteiger charge is -2.02. The molecule has 1 aromatic rings. The van der Waals surface area contributed by atoms with Gasteiger partial charge >= 0.3 is 0 Å². The second-order valence-electron chi connectivity index (χ2n) is 1.88. The van der Waals surface area contributed by atoms with Crippen molar-refractivity contribution in [2.45, 2.75) is 0 Å². The minimum atomic E-state index is -0.781. The number of nitrogens with two attached hydrogens (primary N) is 1. The van der Waals surface area contributed by atoms with Gasteiger partial charge in [0.05, 0.1) is 4.47 Å². The summed E-state index contributed by atoms with van der Waals surface area (Å²) in [5, 5.41) is 0. The molecule has 60 valence electrons. The molecule has 0 aliphatic carbocycles. The van der Waals surface area contributed by atoms with Crippen LogP contribution < -0.4 is 5.73 Å². The van der Waals surface area contributed by atoms with E-state index in [0.717, 1.165) is 6.07 Å². The molecule has 11 heavy (non-hydrogen) atoms. The van der Waals surface area contributed by atoms with E-state index in [4.69, 9.17) is 5.73 Å². The molecule has 0 heterocycles. The van der Waals surface area contributed by atoms with Gasteiger partial charge in [-0.15, -0.1) is 0 Å². The molecule has 0 amide bonds. The molecule has 2 N–H and O–H groups in total. The lowest BCUT2D eigenvalue weighted by Crippen LogP contribution is -1.96. The summed E-state index contributed by atoms with van der Waals surface area (Å²) in [7, 11) is 0. The highest BCUT2D eigenvalue weighted by atomic mass is 79.9. The van der Waals surface area contributed by atoms with Crippen molar-refractivity contribution in [2.75, 3.05) is 5.73 Å². The molecule has 0 aliphatic rings. The maximum Gasteiger partial charge on any atom is 0.164 e. The van der Waals surface area contributed by atoms with Crippen LogP contribution in [0.15, 0.2) is 15.0 Å². The summed E-state index contributed by atoms with van der Waals surface area (Å²) in [6, 6.07) is 1.10. The fraction of sp³-hybridized carbons (Fsp3) is 0. The van der Waals surface area contributed by atoms with Gasteiger partial charge in [0.2, 0.25) is 0 Å². The number of hydrogen-bond donors (Lipinski definition) is 1. The lowest BCUT2D eigenvalue weighted by atomic mass is 10.3. The third-order valence-corrected chi connectivity index (χ3v) is 3.08. The Balaban J connectivity index is 3.46. The Labute approximate surface area is 78.8 Å². The van der Waals surface area contributed by atoms with Gasteiger partial charge in [-0.05, 0) is 37.9 Å². The molecule has 0 bridgehead atoms. The molecule has 0 fully saturated rings. The zero-order valence-electron chi connectivity index (χ0n) is 5.17. The van der Waals surface area contributed by atoms with Crippen molar-refractivity contribution >= 4 is 37.5 Å². The van der Waals surface area contributed by atoms with Crippen LogP contribution in [-0.4, -0.2) is 0 Å². The average molecular weight is 287 g/mol. The molecule has 1 rings (SSSR count). The predicted molar refractivity (Wildman–Crippen MR) is 46.2 cm³/mol. The van der Waals surface area contributed by atoms with Crippen LogP contribution in [0.25, 0.3) is 0 Å². The third-order valence-electron chi connectivity index (χ3n) is 1.15. The van der Waals surface area contributed by atoms with Crippen molar-refractivity contribution < 1.29 is 8.78 Å². The van der Waals surface area contributed by atoms with Crippen molar-refractivity contribution in [1.29, 1.82) is 0 Å². The first-order valence-corrected chi connectivity index (χ1v) is 4.21. The number of halogens is 4. The second-order valence-corrected chi connectivity index (χ2v) is 3.53. The highest BCUT2D eigenvalue weighted by molar-refractivity contribution is 9.13. The van der Waals surface area contributed by atoms with Gasteiger partial charge in [0.25, 0.3) is 0 Å². The second kappa shape index (κ2) is 3.06. The third kappa shape index (κ3) is 1.54. The zero-order chi connectivity index (χ0) is 8.59. The topological polar surface area (TPSA) is 26.0 Å². The smallest absolute Gasteiger partial charge is 0.164 e. The summed E-state index contributed by atoms with van der Waals surface area (Å²) >= 11 is 5.84. The number of benzene rings is 1. The van der Waals surface area contributed by atoms with Gasteiger partial charge in [0.15, 0.2) is 5.82 Å². The van der Waals surface area contributed by atoms with Gasteiger partial charge in [-0.25, -0.2) is 8.78 Å². The van der Waals surface area contributed by atoms with Crippen LogP contribution in [0.4, 0.5) is 14.5 Å². The van der Waals surface area contributed by atoms with Gasteiger partial charge in [-0.2, -0.15) is 0 Å². The summed E-state index contributed by atoms with van der Waals surface area (Å²) in [4.78, 5) is 0. The lowest BCUT2D eigenvalue weighted by molar-refractivity contribution is 0.586. The molecule has 1 aromatic carbocycles. The summed E-state index contributed by atoms with van der Waals surface area (Å²) in [5.41, 5.74) is 4.58. The van der Waals surface area contributed by atoms with Crippen LogP contribution in [0.5, 0.6) is 0 Å². The number of hydrogen-bond acceptors (Lipinski definition) is 1. The van der Waals surface area contributed by atoms with E-state index < -0.39 is 17.3 Å². The van der Waals surface area contributed by atoms with Crippen LogP contribution in [-0.2, 0) is 0 Å². The van der Waals surface area contributed by atoms with E-state index in [1.54, 1.807) is 0 Å². The first kappa shape index (κ1) is 8.93. The van der Waals surface area contributed by atoms with Gasteiger partial charge in [-0.3, -0.25) is 0 Å². The van der Waals surface area contributed by atoms with Gasteiger partial charge in [0.1, 0.15) is 11.5 Å². The van der Waals surface area contributed by atoms with E-state index in [0.29, 0.717) is 4.47 Å². The number of anilines is 1. The molecule has 0 aromatic heterocycles. The minimum Gasteiger partial charge on any atom is -0.394 e. The van der Waals surface area contributed by atoms with Crippen molar-refractivity contribution in [2.24, 2.45) is 0 Å². The van der Waals surface area contributed by atoms with E-state index in [-0.39, 0.29) is 4.47 Å². The first-order chi connectivity index (χ1) is 5.04. The molecule has 0 spiro atoms. The summed E-state index contributed by atoms with van der Waals surface area (Å²) in [5.74, 6) is -1.55. The molecular formula is C6H3Br2F2N. The Hall–Kier alpha value is -0.160. The van der Waals surface area contributed by atoms with Crippen molar-refractivity contribution in [3.8, 4) is 0 Å². The highest BCUT2D eigenvalue weighted by Gasteiger charge is 2.12. The Bertz CT molecular complexity index is 275. The Kier molecular flexibility index (Phi) is 2.49. The monoisotopic (exact) mass is 285 g/mol. The van der Waals surface area contributed by atoms with Crippen LogP contribution in [0.2, 0.25) is 0 Å². The quantitative estimate of drug-likeness (QED) is 0.443. The highest BCUT2D eigenvalue weighted by Crippen LogP contribution is 2.31. The summed E-state index contributed by atoms with van der Waals surface area (Å²) in [6.45, 7) is 0. The minimum absolute atomic E-state index is 0.136. The Morgan fingerprint density at radius 2 is 1.82 bits per heavy atom. The summed E-state index contributed by atoms with van der Waals surface area (Å²) < 4.78 is 25.9. The molecule has 0 saturated carbocycles. The van der Waals surface area contributed by atoms with Crippen LogP contribution in [0.3, 0.4) is 0 Å². The summed E-state index contributed by atoms with van der Waals surface area (Å²) in [6.07, 6.45) is 0. The van der Waals surface area contributed by atoms with Crippen molar-refractivity contribution in [3.63, 3.8) is 0 Å². The van der Waals surface area contributed by atoms with Gasteiger partial charge in [-0.1, -0.05) is 0 Å². The predicted octanol–water partition coefficient (Wildman–Crippen LogP) is 3.07. The van der Waals surface area contributed by atoms with Crippen molar-refractivity contribution in [3.05, 3.63) is 26.6 Å². The van der Waals surface area contributed by atoms with Crippen LogP contribution in [0, 0.1) is 11.6 Å². The average Bonchev–Trinajstić information content (AvgIpc) is 1.97. The molecule has 0 radical (unpaired) electrons. The molecule has 0 atom stereocenters. The number of nitrogen functional groups attached to an aromatic ring is 1. The fourth-order valence-corrected chi connectivity index (χ4v) is 1.28. The molecular weight excluding hydrogens is 284 g/mol. The SMILES string of the molecule is Nc1c(F)cc(Br)c(Br)c1F. The first-order valence-electron chi connectivity index (χ1n) is 2.62. The zero-order valence-corrected chi connectivity index (χ0v) is 8.34. The van der Waals surface area contributed by atoms with E-state index in [1.165, 1.54) is 0 Å². The van der Waals surface area contributed by atoms with E-state index in [9.17, 15) is 8.78 Å². The van der Waals surface area contributed by atoms with Crippen LogP contribution in [0.1, 0.15) is 0 Å². The Morgan fingerprint density at radius 3 is 2.36 bits per heavy atom. The number of rotatable bonds is 0. The standard InChI is InChI=1S/C6H3Br2F2N/c7-2-1-3(9)6(11)5(10)4(2)8/h1H,11H2. The molecule has 0 saturated heterocycles. The van der Waals surface area contributed by atoms with Gasteiger partial charge in [0, 0.05) is 4.47 Å².